The van der Waals surface area contributed by atoms with Gasteiger partial charge in [-0.25, -0.2) is 0 Å². The van der Waals surface area contributed by atoms with Gasteiger partial charge in [0.15, 0.2) is 11.6 Å². The number of anilines is 2. The lowest BCUT2D eigenvalue weighted by Crippen LogP contribution is -2.10. The van der Waals surface area contributed by atoms with E-state index in [1.165, 1.54) is 0 Å². The second-order valence-corrected chi connectivity index (χ2v) is 6.47. The summed E-state index contributed by atoms with van der Waals surface area (Å²) in [7, 11) is 0. The molecule has 2 fully saturated rings. The Bertz CT molecular complexity index is 612. The van der Waals surface area contributed by atoms with E-state index >= 15 is 0 Å². The molecule has 1 aromatic rings. The molecule has 0 bridgehead atoms. The quantitative estimate of drug-likeness (QED) is 0.797. The van der Waals surface area contributed by atoms with E-state index in [0.29, 0.717) is 12.8 Å². The van der Waals surface area contributed by atoms with Gasteiger partial charge in [0.2, 0.25) is 0 Å². The summed E-state index contributed by atoms with van der Waals surface area (Å²) >= 11 is 0. The maximum Gasteiger partial charge on any atom is 0.160 e. The van der Waals surface area contributed by atoms with Gasteiger partial charge in [-0.2, -0.15) is 0 Å². The minimum Gasteiger partial charge on any atom is -0.361 e. The number of ketones is 2. The highest BCUT2D eigenvalue weighted by Crippen LogP contribution is 2.22. The Hall–Kier alpha value is -2.36. The highest BCUT2D eigenvalue weighted by Gasteiger charge is 2.15. The summed E-state index contributed by atoms with van der Waals surface area (Å²) < 4.78 is 0. The number of rotatable bonds is 4. The van der Waals surface area contributed by atoms with Crippen molar-refractivity contribution >= 4 is 22.9 Å². The summed E-state index contributed by atoms with van der Waals surface area (Å²) in [5, 5.41) is 6.41. The van der Waals surface area contributed by atoms with Crippen molar-refractivity contribution < 1.29 is 9.59 Å². The van der Waals surface area contributed by atoms with Crippen molar-refractivity contribution in [1.82, 2.24) is 0 Å². The third-order valence-electron chi connectivity index (χ3n) is 4.63. The van der Waals surface area contributed by atoms with Crippen LogP contribution in [0.1, 0.15) is 51.4 Å². The van der Waals surface area contributed by atoms with Crippen LogP contribution in [-0.2, 0) is 9.59 Å². The number of Topliss-reactive ketones (excluding diaryl/α,β-unsaturated/α-hetero) is 2. The molecule has 4 nitrogen and oxygen atoms in total. The van der Waals surface area contributed by atoms with Gasteiger partial charge in [-0.15, -0.1) is 0 Å². The molecule has 2 saturated carbocycles. The Morgan fingerprint density at radius 2 is 1.00 bits per heavy atom. The molecule has 0 radical (unpaired) electrons. The molecule has 0 atom stereocenters. The molecule has 126 valence electrons. The van der Waals surface area contributed by atoms with Crippen molar-refractivity contribution in [1.29, 1.82) is 0 Å². The van der Waals surface area contributed by atoms with Gasteiger partial charge in [-0.1, -0.05) is 0 Å². The van der Waals surface area contributed by atoms with Crippen LogP contribution in [0.2, 0.25) is 0 Å². The lowest BCUT2D eigenvalue weighted by molar-refractivity contribution is -0.117. The predicted octanol–water partition coefficient (Wildman–Crippen LogP) is 4.56. The van der Waals surface area contributed by atoms with E-state index in [-0.39, 0.29) is 11.6 Å². The van der Waals surface area contributed by atoms with Crippen LogP contribution in [-0.4, -0.2) is 11.6 Å². The fourth-order valence-corrected chi connectivity index (χ4v) is 3.11. The Morgan fingerprint density at radius 1 is 0.625 bits per heavy atom. The number of hydrogen-bond donors (Lipinski definition) is 2. The van der Waals surface area contributed by atoms with Gasteiger partial charge in [0.1, 0.15) is 0 Å². The normalized spacial score (nSPS) is 22.0. The fraction of sp³-hybridized carbons (Fsp3) is 0.400. The fourth-order valence-electron chi connectivity index (χ4n) is 3.11. The van der Waals surface area contributed by atoms with E-state index in [4.69, 9.17) is 0 Å². The maximum atomic E-state index is 11.8. The van der Waals surface area contributed by atoms with Gasteiger partial charge in [0.05, 0.1) is 0 Å². The summed E-state index contributed by atoms with van der Waals surface area (Å²) in [5.41, 5.74) is 3.69. The first kappa shape index (κ1) is 16.5. The summed E-state index contributed by atoms with van der Waals surface area (Å²) in [6.45, 7) is 0. The van der Waals surface area contributed by atoms with Gasteiger partial charge in [-0.05, 0) is 62.8 Å². The Balaban J connectivity index is 1.57. The van der Waals surface area contributed by atoms with Crippen molar-refractivity contribution in [2.24, 2.45) is 0 Å². The topological polar surface area (TPSA) is 58.2 Å². The molecule has 3 rings (SSSR count). The lowest BCUT2D eigenvalue weighted by Gasteiger charge is -2.13. The van der Waals surface area contributed by atoms with Gasteiger partial charge in [-0.3, -0.25) is 9.59 Å². The molecule has 2 aliphatic carbocycles. The smallest absolute Gasteiger partial charge is 0.160 e. The van der Waals surface area contributed by atoms with Crippen molar-refractivity contribution in [2.45, 2.75) is 51.4 Å². The molecular formula is C20H24N2O2. The largest absolute Gasteiger partial charge is 0.361 e. The first-order chi connectivity index (χ1) is 11.7. The van der Waals surface area contributed by atoms with E-state index in [1.54, 1.807) is 0 Å². The second kappa shape index (κ2) is 7.95. The molecule has 0 saturated heterocycles. The van der Waals surface area contributed by atoms with Gasteiger partial charge >= 0.3 is 0 Å². The molecule has 0 amide bonds. The van der Waals surface area contributed by atoms with Gasteiger partial charge < -0.3 is 10.6 Å². The molecule has 2 N–H and O–H groups in total. The third-order valence-corrected chi connectivity index (χ3v) is 4.63. The number of allylic oxidation sites excluding steroid dienone is 2. The summed E-state index contributed by atoms with van der Waals surface area (Å²) in [6, 6.07) is 7.86. The average Bonchev–Trinajstić information content (AvgIpc) is 2.61. The molecule has 4 heteroatoms. The molecule has 24 heavy (non-hydrogen) atoms. The SMILES string of the molecule is O=C1CCCC/C1=C/Nc1ccc(N/C=C2\CCCCC2=O)cc1. The number of benzene rings is 1. The molecule has 2 aliphatic rings. The minimum absolute atomic E-state index is 0.260. The number of carbonyl (C=O) groups is 2. The van der Waals surface area contributed by atoms with Crippen LogP contribution in [0, 0.1) is 0 Å². The van der Waals surface area contributed by atoms with E-state index in [0.717, 1.165) is 61.0 Å². The Kier molecular flexibility index (Phi) is 5.47. The van der Waals surface area contributed by atoms with Crippen LogP contribution in [0.15, 0.2) is 47.8 Å². The molecule has 0 spiro atoms. The van der Waals surface area contributed by atoms with E-state index < -0.39 is 0 Å². The van der Waals surface area contributed by atoms with Gasteiger partial charge in [0, 0.05) is 47.8 Å². The van der Waals surface area contributed by atoms with E-state index in [9.17, 15) is 9.59 Å². The second-order valence-electron chi connectivity index (χ2n) is 6.47. The summed E-state index contributed by atoms with van der Waals surface area (Å²) in [4.78, 5) is 23.6. The molecule has 0 heterocycles. The number of nitrogens with one attached hydrogen (secondary N) is 2. The Labute approximate surface area is 143 Å². The standard InChI is InChI=1S/C20H24N2O2/c23-19-7-3-1-5-15(19)13-21-17-9-11-18(12-10-17)22-14-16-6-2-4-8-20(16)24/h9-14,21-22H,1-8H2/b15-13-,16-14+. The van der Waals surface area contributed by atoms with Crippen molar-refractivity contribution in [3.63, 3.8) is 0 Å². The lowest BCUT2D eigenvalue weighted by atomic mass is 9.94. The van der Waals surface area contributed by atoms with Crippen molar-refractivity contribution in [2.75, 3.05) is 10.6 Å². The summed E-state index contributed by atoms with van der Waals surface area (Å²) in [6.07, 6.45) is 11.0. The third kappa shape index (κ3) is 4.34. The first-order valence-electron chi connectivity index (χ1n) is 8.80. The number of hydrogen-bond acceptors (Lipinski definition) is 4. The van der Waals surface area contributed by atoms with Crippen LogP contribution in [0.5, 0.6) is 0 Å². The first-order valence-corrected chi connectivity index (χ1v) is 8.80. The molecule has 0 aliphatic heterocycles. The molecule has 0 aromatic heterocycles. The van der Waals surface area contributed by atoms with E-state index in [2.05, 4.69) is 10.6 Å². The van der Waals surface area contributed by atoms with Crippen molar-refractivity contribution in [3.05, 3.63) is 47.8 Å². The molecule has 0 unspecified atom stereocenters. The van der Waals surface area contributed by atoms with Crippen LogP contribution in [0.3, 0.4) is 0 Å². The van der Waals surface area contributed by atoms with Crippen LogP contribution in [0.25, 0.3) is 0 Å². The summed E-state index contributed by atoms with van der Waals surface area (Å²) in [5.74, 6) is 0.520. The van der Waals surface area contributed by atoms with Crippen LogP contribution >= 0.6 is 0 Å². The monoisotopic (exact) mass is 324 g/mol. The van der Waals surface area contributed by atoms with Crippen molar-refractivity contribution in [3.8, 4) is 0 Å². The zero-order valence-corrected chi connectivity index (χ0v) is 13.9. The zero-order valence-electron chi connectivity index (χ0n) is 13.9. The highest BCUT2D eigenvalue weighted by molar-refractivity contribution is 5.96. The number of carbonyl (C=O) groups excluding carboxylic acids is 2. The highest BCUT2D eigenvalue weighted by atomic mass is 16.1. The molecule has 1 aromatic carbocycles. The van der Waals surface area contributed by atoms with E-state index in [1.807, 2.05) is 36.7 Å². The van der Waals surface area contributed by atoms with Gasteiger partial charge in [0.25, 0.3) is 0 Å². The molecular weight excluding hydrogens is 300 g/mol. The maximum absolute atomic E-state index is 11.8. The average molecular weight is 324 g/mol. The zero-order chi connectivity index (χ0) is 16.8. The minimum atomic E-state index is 0.260. The predicted molar refractivity (Wildman–Crippen MR) is 96.8 cm³/mol. The Morgan fingerprint density at radius 3 is 1.38 bits per heavy atom. The van der Waals surface area contributed by atoms with Crippen LogP contribution < -0.4 is 10.6 Å². The van der Waals surface area contributed by atoms with Crippen LogP contribution in [0.4, 0.5) is 11.4 Å².